The normalized spacial score (nSPS) is 17.4. The Kier molecular flexibility index (Phi) is 3.88. The second-order valence-electron chi connectivity index (χ2n) is 5.74. The van der Waals surface area contributed by atoms with E-state index in [9.17, 15) is 13.2 Å². The first-order valence-corrected chi connectivity index (χ1v) is 8.27. The van der Waals surface area contributed by atoms with E-state index in [2.05, 4.69) is 5.32 Å². The molecule has 0 bridgehead atoms. The van der Waals surface area contributed by atoms with Gasteiger partial charge in [-0.05, 0) is 24.6 Å². The van der Waals surface area contributed by atoms with Crippen molar-refractivity contribution in [3.63, 3.8) is 0 Å². The van der Waals surface area contributed by atoms with Gasteiger partial charge in [-0.2, -0.15) is 0 Å². The van der Waals surface area contributed by atoms with Gasteiger partial charge in [0.2, 0.25) is 0 Å². The van der Waals surface area contributed by atoms with E-state index in [0.29, 0.717) is 25.3 Å². The van der Waals surface area contributed by atoms with Crippen molar-refractivity contribution in [2.75, 3.05) is 26.0 Å². The third-order valence-electron chi connectivity index (χ3n) is 3.46. The van der Waals surface area contributed by atoms with E-state index in [1.165, 1.54) is 12.1 Å². The summed E-state index contributed by atoms with van der Waals surface area (Å²) in [5.41, 5.74) is 1.14. The Bertz CT molecular complexity index is 633. The van der Waals surface area contributed by atoms with Crippen LogP contribution in [0.3, 0.4) is 0 Å². The molecule has 0 saturated carbocycles. The van der Waals surface area contributed by atoms with Gasteiger partial charge in [-0.15, -0.1) is 0 Å². The zero-order valence-corrected chi connectivity index (χ0v) is 12.7. The van der Waals surface area contributed by atoms with Crippen molar-refractivity contribution < 1.29 is 17.9 Å². The molecule has 6 heteroatoms. The molecule has 2 rings (SSSR count). The fourth-order valence-electron chi connectivity index (χ4n) is 2.02. The average Bonchev–Trinajstić information content (AvgIpc) is 2.32. The largest absolute Gasteiger partial charge is 0.380 e. The van der Waals surface area contributed by atoms with Gasteiger partial charge in [0.05, 0.1) is 18.1 Å². The molecule has 0 radical (unpaired) electrons. The molecule has 1 amide bonds. The molecule has 1 fully saturated rings. The standard InChI is InChI=1S/C14H19NO4S/c1-10-4-5-11(20(3,17)18)6-12(10)13(16)15-7-14(2)8-19-9-14/h4-6H,7-9H2,1-3H3,(H,15,16). The zero-order valence-electron chi connectivity index (χ0n) is 11.9. The smallest absolute Gasteiger partial charge is 0.251 e. The molecule has 0 aromatic heterocycles. The summed E-state index contributed by atoms with van der Waals surface area (Å²) in [4.78, 5) is 12.3. The summed E-state index contributed by atoms with van der Waals surface area (Å²) in [6.45, 7) is 5.62. The van der Waals surface area contributed by atoms with E-state index in [4.69, 9.17) is 4.74 Å². The number of rotatable bonds is 4. The van der Waals surface area contributed by atoms with Gasteiger partial charge in [-0.3, -0.25) is 4.79 Å². The van der Waals surface area contributed by atoms with E-state index in [-0.39, 0.29) is 16.2 Å². The fourth-order valence-corrected chi connectivity index (χ4v) is 2.67. The number of aryl methyl sites for hydroxylation is 1. The van der Waals surface area contributed by atoms with Gasteiger partial charge in [0.15, 0.2) is 9.84 Å². The lowest BCUT2D eigenvalue weighted by atomic mass is 9.88. The molecule has 1 heterocycles. The minimum Gasteiger partial charge on any atom is -0.380 e. The monoisotopic (exact) mass is 297 g/mol. The molecule has 1 aliphatic heterocycles. The van der Waals surface area contributed by atoms with Gasteiger partial charge in [-0.25, -0.2) is 8.42 Å². The van der Waals surface area contributed by atoms with Gasteiger partial charge >= 0.3 is 0 Å². The van der Waals surface area contributed by atoms with Crippen LogP contribution in [0.2, 0.25) is 0 Å². The molecule has 1 saturated heterocycles. The molecule has 110 valence electrons. The first kappa shape index (κ1) is 15.0. The lowest BCUT2D eigenvalue weighted by molar-refractivity contribution is -0.0978. The minimum absolute atomic E-state index is 0.0159. The summed E-state index contributed by atoms with van der Waals surface area (Å²) >= 11 is 0. The Morgan fingerprint density at radius 1 is 1.40 bits per heavy atom. The highest BCUT2D eigenvalue weighted by molar-refractivity contribution is 7.90. The number of carbonyl (C=O) groups is 1. The number of hydrogen-bond donors (Lipinski definition) is 1. The van der Waals surface area contributed by atoms with Crippen molar-refractivity contribution in [3.05, 3.63) is 29.3 Å². The van der Waals surface area contributed by atoms with Crippen molar-refractivity contribution in [3.8, 4) is 0 Å². The summed E-state index contributed by atoms with van der Waals surface area (Å²) in [5, 5.41) is 2.85. The van der Waals surface area contributed by atoms with E-state index < -0.39 is 9.84 Å². The van der Waals surface area contributed by atoms with Gasteiger partial charge in [0.25, 0.3) is 5.91 Å². The highest BCUT2D eigenvalue weighted by Crippen LogP contribution is 2.25. The zero-order chi connectivity index (χ0) is 15.0. The second-order valence-corrected chi connectivity index (χ2v) is 7.75. The first-order valence-electron chi connectivity index (χ1n) is 6.38. The highest BCUT2D eigenvalue weighted by atomic mass is 32.2. The van der Waals surface area contributed by atoms with Crippen LogP contribution in [0.4, 0.5) is 0 Å². The number of sulfone groups is 1. The lowest BCUT2D eigenvalue weighted by Gasteiger charge is -2.38. The van der Waals surface area contributed by atoms with Crippen LogP contribution < -0.4 is 5.32 Å². The van der Waals surface area contributed by atoms with Crippen LogP contribution in [-0.2, 0) is 14.6 Å². The Balaban J connectivity index is 2.16. The van der Waals surface area contributed by atoms with E-state index in [1.54, 1.807) is 13.0 Å². The van der Waals surface area contributed by atoms with Crippen LogP contribution in [-0.4, -0.2) is 40.3 Å². The summed E-state index contributed by atoms with van der Waals surface area (Å²) in [6, 6.07) is 4.60. The molecule has 0 aliphatic carbocycles. The topological polar surface area (TPSA) is 72.5 Å². The third-order valence-corrected chi connectivity index (χ3v) is 4.57. The summed E-state index contributed by atoms with van der Waals surface area (Å²) in [7, 11) is -3.31. The highest BCUT2D eigenvalue weighted by Gasteiger charge is 2.33. The van der Waals surface area contributed by atoms with Crippen LogP contribution in [0, 0.1) is 12.3 Å². The molecular weight excluding hydrogens is 278 g/mol. The predicted octanol–water partition coefficient (Wildman–Crippen LogP) is 1.16. The Hall–Kier alpha value is -1.40. The summed E-state index contributed by atoms with van der Waals surface area (Å²) in [6.07, 6.45) is 1.13. The molecule has 0 unspecified atom stereocenters. The van der Waals surface area contributed by atoms with Crippen molar-refractivity contribution >= 4 is 15.7 Å². The number of carbonyl (C=O) groups excluding carboxylic acids is 1. The summed E-state index contributed by atoms with van der Waals surface area (Å²) in [5.74, 6) is -0.249. The molecular formula is C14H19NO4S. The maximum Gasteiger partial charge on any atom is 0.251 e. The predicted molar refractivity (Wildman–Crippen MR) is 75.5 cm³/mol. The van der Waals surface area contributed by atoms with Gasteiger partial charge in [-0.1, -0.05) is 13.0 Å². The van der Waals surface area contributed by atoms with Gasteiger partial charge in [0.1, 0.15) is 0 Å². The number of hydrogen-bond acceptors (Lipinski definition) is 4. The van der Waals surface area contributed by atoms with E-state index in [1.807, 2.05) is 6.92 Å². The van der Waals surface area contributed by atoms with Crippen molar-refractivity contribution in [2.45, 2.75) is 18.7 Å². The maximum atomic E-state index is 12.2. The molecule has 5 nitrogen and oxygen atoms in total. The van der Waals surface area contributed by atoms with Crippen LogP contribution in [0.5, 0.6) is 0 Å². The second kappa shape index (κ2) is 5.18. The van der Waals surface area contributed by atoms with Crippen LogP contribution in [0.25, 0.3) is 0 Å². The fraction of sp³-hybridized carbons (Fsp3) is 0.500. The van der Waals surface area contributed by atoms with Crippen LogP contribution >= 0.6 is 0 Å². The lowest BCUT2D eigenvalue weighted by Crippen LogP contribution is -2.48. The molecule has 1 N–H and O–H groups in total. The summed E-state index contributed by atoms with van der Waals surface area (Å²) < 4.78 is 28.2. The Morgan fingerprint density at radius 3 is 2.55 bits per heavy atom. The van der Waals surface area contributed by atoms with Crippen molar-refractivity contribution in [2.24, 2.45) is 5.41 Å². The van der Waals surface area contributed by atoms with Crippen LogP contribution in [0.1, 0.15) is 22.8 Å². The molecule has 0 spiro atoms. The maximum absolute atomic E-state index is 12.2. The SMILES string of the molecule is Cc1ccc(S(C)(=O)=O)cc1C(=O)NCC1(C)COC1. The molecule has 0 atom stereocenters. The molecule has 1 aromatic carbocycles. The minimum atomic E-state index is -3.31. The number of amides is 1. The Labute approximate surface area is 119 Å². The number of ether oxygens (including phenoxy) is 1. The Morgan fingerprint density at radius 2 is 2.05 bits per heavy atom. The molecule has 1 aliphatic rings. The average molecular weight is 297 g/mol. The molecule has 20 heavy (non-hydrogen) atoms. The van der Waals surface area contributed by atoms with Crippen molar-refractivity contribution in [1.82, 2.24) is 5.32 Å². The van der Waals surface area contributed by atoms with Gasteiger partial charge < -0.3 is 10.1 Å². The van der Waals surface area contributed by atoms with Crippen molar-refractivity contribution in [1.29, 1.82) is 0 Å². The van der Waals surface area contributed by atoms with Crippen LogP contribution in [0.15, 0.2) is 23.1 Å². The van der Waals surface area contributed by atoms with E-state index in [0.717, 1.165) is 11.8 Å². The quantitative estimate of drug-likeness (QED) is 0.905. The number of benzene rings is 1. The third kappa shape index (κ3) is 3.19. The number of nitrogens with one attached hydrogen (secondary N) is 1. The van der Waals surface area contributed by atoms with E-state index >= 15 is 0 Å². The first-order chi connectivity index (χ1) is 9.21. The molecule has 1 aromatic rings. The van der Waals surface area contributed by atoms with Gasteiger partial charge in [0, 0.05) is 23.8 Å².